The van der Waals surface area contributed by atoms with E-state index < -0.39 is 6.10 Å². The molecular formula is C53H98O6. The molecule has 346 valence electrons. The number of hydrogen-bond donors (Lipinski definition) is 0. The van der Waals surface area contributed by atoms with Crippen molar-refractivity contribution in [2.75, 3.05) is 13.2 Å². The molecule has 0 spiro atoms. The predicted molar refractivity (Wildman–Crippen MR) is 252 cm³/mol. The van der Waals surface area contributed by atoms with Crippen molar-refractivity contribution in [1.29, 1.82) is 0 Å². The number of rotatable bonds is 47. The van der Waals surface area contributed by atoms with Crippen LogP contribution in [-0.4, -0.2) is 37.2 Å². The second-order valence-corrected chi connectivity index (χ2v) is 17.4. The molecule has 0 aromatic rings. The summed E-state index contributed by atoms with van der Waals surface area (Å²) in [6, 6.07) is 0. The summed E-state index contributed by atoms with van der Waals surface area (Å²) in [5.74, 6) is -0.869. The molecule has 6 nitrogen and oxygen atoms in total. The van der Waals surface area contributed by atoms with Crippen LogP contribution in [0.5, 0.6) is 0 Å². The Morgan fingerprint density at radius 2 is 0.559 bits per heavy atom. The Morgan fingerprint density at radius 3 is 0.864 bits per heavy atom. The Kier molecular flexibility index (Phi) is 46.8. The quantitative estimate of drug-likeness (QED) is 0.0263. The number of esters is 3. The number of ether oxygens (including phenoxy) is 3. The largest absolute Gasteiger partial charge is 0.462 e. The van der Waals surface area contributed by atoms with E-state index in [0.717, 1.165) is 57.8 Å². The fourth-order valence-electron chi connectivity index (χ4n) is 7.49. The SMILES string of the molecule is CCCCCC/C=C\CCCCCCCCCC(=O)OCC(COC(=O)CCCCCCCCCCCCC)OC(=O)CCCCCCCCC/C=C\CCCCCC. The van der Waals surface area contributed by atoms with Gasteiger partial charge in [0, 0.05) is 19.3 Å². The standard InChI is InChI=1S/C53H98O6/c1-4-7-10-13-16-19-22-24-26-28-31-34-37-40-43-46-52(55)58-49-50(48-57-51(54)45-42-39-36-33-30-21-18-15-12-9-6-3)59-53(56)47-44-41-38-35-32-29-27-25-23-20-17-14-11-8-5-2/h19-20,22-23,50H,4-18,21,24-49H2,1-3H3/b22-19-,23-20-. The van der Waals surface area contributed by atoms with Crippen molar-refractivity contribution in [3.05, 3.63) is 24.3 Å². The highest BCUT2D eigenvalue weighted by Gasteiger charge is 2.19. The van der Waals surface area contributed by atoms with Gasteiger partial charge in [-0.25, -0.2) is 0 Å². The third kappa shape index (κ3) is 46.8. The van der Waals surface area contributed by atoms with Crippen LogP contribution in [0.15, 0.2) is 24.3 Å². The van der Waals surface area contributed by atoms with Gasteiger partial charge in [0.25, 0.3) is 0 Å². The van der Waals surface area contributed by atoms with Gasteiger partial charge >= 0.3 is 17.9 Å². The average Bonchev–Trinajstić information content (AvgIpc) is 3.23. The highest BCUT2D eigenvalue weighted by Crippen LogP contribution is 2.15. The van der Waals surface area contributed by atoms with Crippen molar-refractivity contribution in [1.82, 2.24) is 0 Å². The third-order valence-electron chi connectivity index (χ3n) is 11.4. The molecule has 0 amide bonds. The first-order valence-electron chi connectivity index (χ1n) is 25.8. The number of unbranched alkanes of at least 4 members (excludes halogenated alkanes) is 32. The van der Waals surface area contributed by atoms with E-state index in [0.29, 0.717) is 19.3 Å². The van der Waals surface area contributed by atoms with Crippen LogP contribution >= 0.6 is 0 Å². The smallest absolute Gasteiger partial charge is 0.306 e. The maximum Gasteiger partial charge on any atom is 0.306 e. The van der Waals surface area contributed by atoms with Crippen LogP contribution in [0.4, 0.5) is 0 Å². The second kappa shape index (κ2) is 48.6. The van der Waals surface area contributed by atoms with Gasteiger partial charge < -0.3 is 14.2 Å². The van der Waals surface area contributed by atoms with E-state index in [1.807, 2.05) is 0 Å². The van der Waals surface area contributed by atoms with Gasteiger partial charge in [-0.05, 0) is 70.6 Å². The molecule has 0 rings (SSSR count). The summed E-state index contributed by atoms with van der Waals surface area (Å²) in [6.45, 7) is 6.62. The molecule has 0 N–H and O–H groups in total. The minimum absolute atomic E-state index is 0.0708. The van der Waals surface area contributed by atoms with Gasteiger partial charge in [-0.2, -0.15) is 0 Å². The van der Waals surface area contributed by atoms with E-state index in [1.54, 1.807) is 0 Å². The average molecular weight is 831 g/mol. The third-order valence-corrected chi connectivity index (χ3v) is 11.4. The first-order chi connectivity index (χ1) is 29.0. The molecule has 0 radical (unpaired) electrons. The summed E-state index contributed by atoms with van der Waals surface area (Å²) in [5, 5.41) is 0. The first-order valence-corrected chi connectivity index (χ1v) is 25.8. The minimum atomic E-state index is -0.769. The molecule has 0 aliphatic carbocycles. The van der Waals surface area contributed by atoms with E-state index in [-0.39, 0.29) is 31.1 Å². The zero-order valence-corrected chi connectivity index (χ0v) is 39.5. The van der Waals surface area contributed by atoms with E-state index in [2.05, 4.69) is 45.1 Å². The van der Waals surface area contributed by atoms with Gasteiger partial charge in [-0.15, -0.1) is 0 Å². The summed E-state index contributed by atoms with van der Waals surface area (Å²) < 4.78 is 16.8. The highest BCUT2D eigenvalue weighted by molar-refractivity contribution is 5.71. The van der Waals surface area contributed by atoms with Crippen LogP contribution < -0.4 is 0 Å². The van der Waals surface area contributed by atoms with Crippen LogP contribution in [0.2, 0.25) is 0 Å². The Labute approximate surface area is 366 Å². The Hall–Kier alpha value is -2.11. The van der Waals surface area contributed by atoms with Gasteiger partial charge in [0.05, 0.1) is 0 Å². The first kappa shape index (κ1) is 56.9. The minimum Gasteiger partial charge on any atom is -0.462 e. The summed E-state index contributed by atoms with van der Waals surface area (Å²) in [7, 11) is 0. The van der Waals surface area contributed by atoms with E-state index in [1.165, 1.54) is 180 Å². The molecule has 1 unspecified atom stereocenters. The molecule has 0 aliphatic heterocycles. The van der Waals surface area contributed by atoms with Crippen LogP contribution in [-0.2, 0) is 28.6 Å². The van der Waals surface area contributed by atoms with Gasteiger partial charge in [0.2, 0.25) is 0 Å². The summed E-state index contributed by atoms with van der Waals surface area (Å²) in [4.78, 5) is 37.9. The molecule has 0 saturated heterocycles. The van der Waals surface area contributed by atoms with Gasteiger partial charge in [0.15, 0.2) is 6.10 Å². The van der Waals surface area contributed by atoms with Crippen LogP contribution in [0.3, 0.4) is 0 Å². The number of allylic oxidation sites excluding steroid dienone is 4. The molecule has 0 bridgehead atoms. The Balaban J connectivity index is 4.34. The number of hydrogen-bond acceptors (Lipinski definition) is 6. The lowest BCUT2D eigenvalue weighted by Crippen LogP contribution is -2.30. The van der Waals surface area contributed by atoms with E-state index in [4.69, 9.17) is 14.2 Å². The normalized spacial score (nSPS) is 12.1. The summed E-state index contributed by atoms with van der Waals surface area (Å²) >= 11 is 0. The topological polar surface area (TPSA) is 78.9 Å². The maximum absolute atomic E-state index is 12.8. The molecule has 59 heavy (non-hydrogen) atoms. The van der Waals surface area contributed by atoms with Gasteiger partial charge in [-0.3, -0.25) is 14.4 Å². The second-order valence-electron chi connectivity index (χ2n) is 17.4. The molecule has 0 saturated carbocycles. The lowest BCUT2D eigenvalue weighted by molar-refractivity contribution is -0.167. The predicted octanol–water partition coefficient (Wildman–Crippen LogP) is 16.8. The van der Waals surface area contributed by atoms with Crippen molar-refractivity contribution in [2.24, 2.45) is 0 Å². The van der Waals surface area contributed by atoms with Gasteiger partial charge in [0.1, 0.15) is 13.2 Å². The Morgan fingerprint density at radius 1 is 0.322 bits per heavy atom. The van der Waals surface area contributed by atoms with Crippen LogP contribution in [0.25, 0.3) is 0 Å². The molecular weight excluding hydrogens is 733 g/mol. The molecule has 1 atom stereocenters. The maximum atomic E-state index is 12.8. The molecule has 0 aliphatic rings. The fourth-order valence-corrected chi connectivity index (χ4v) is 7.49. The lowest BCUT2D eigenvalue weighted by Gasteiger charge is -2.18. The summed E-state index contributed by atoms with van der Waals surface area (Å²) in [5.41, 5.74) is 0. The van der Waals surface area contributed by atoms with E-state index >= 15 is 0 Å². The lowest BCUT2D eigenvalue weighted by atomic mass is 10.1. The van der Waals surface area contributed by atoms with Crippen molar-refractivity contribution >= 4 is 17.9 Å². The number of carbonyl (C=O) groups excluding carboxylic acids is 3. The number of carbonyl (C=O) groups is 3. The zero-order chi connectivity index (χ0) is 43.0. The van der Waals surface area contributed by atoms with E-state index in [9.17, 15) is 14.4 Å². The molecule has 6 heteroatoms. The molecule has 0 aromatic carbocycles. The molecule has 0 aromatic heterocycles. The van der Waals surface area contributed by atoms with Gasteiger partial charge in [-0.1, -0.05) is 212 Å². The highest BCUT2D eigenvalue weighted by atomic mass is 16.6. The molecule has 0 heterocycles. The van der Waals surface area contributed by atoms with Crippen molar-refractivity contribution in [3.63, 3.8) is 0 Å². The van der Waals surface area contributed by atoms with Crippen molar-refractivity contribution < 1.29 is 28.6 Å². The van der Waals surface area contributed by atoms with Crippen LogP contribution in [0.1, 0.15) is 278 Å². The zero-order valence-electron chi connectivity index (χ0n) is 39.5. The monoisotopic (exact) mass is 831 g/mol. The van der Waals surface area contributed by atoms with Crippen molar-refractivity contribution in [3.8, 4) is 0 Å². The van der Waals surface area contributed by atoms with Crippen molar-refractivity contribution in [2.45, 2.75) is 284 Å². The van der Waals surface area contributed by atoms with Crippen LogP contribution in [0, 0.1) is 0 Å². The molecule has 0 fully saturated rings. The Bertz CT molecular complexity index is 958. The fraction of sp³-hybridized carbons (Fsp3) is 0.868. The summed E-state index contributed by atoms with van der Waals surface area (Å²) in [6.07, 6.45) is 54.4.